The Hall–Kier alpha value is -3.41. The molecule has 0 fully saturated rings. The van der Waals surface area contributed by atoms with E-state index in [9.17, 15) is 13.2 Å². The number of hydrogen-bond donors (Lipinski definition) is 1. The molecule has 1 atom stereocenters. The number of aryl methyl sites for hydroxylation is 1. The lowest BCUT2D eigenvalue weighted by molar-refractivity contribution is 0.0915. The maximum absolute atomic E-state index is 12.8. The summed E-state index contributed by atoms with van der Waals surface area (Å²) in [6, 6.07) is 12.5. The summed E-state index contributed by atoms with van der Waals surface area (Å²) in [7, 11) is 2.71. The van der Waals surface area contributed by atoms with E-state index in [1.165, 1.54) is 26.2 Å². The van der Waals surface area contributed by atoms with Gasteiger partial charge in [0.1, 0.15) is 23.4 Å². The molecule has 0 aliphatic carbocycles. The van der Waals surface area contributed by atoms with Crippen molar-refractivity contribution >= 4 is 21.7 Å². The molecule has 3 aromatic rings. The van der Waals surface area contributed by atoms with Crippen LogP contribution in [0.25, 0.3) is 0 Å². The number of amides is 1. The van der Waals surface area contributed by atoms with Gasteiger partial charge in [-0.3, -0.25) is 9.48 Å². The molecule has 1 heterocycles. The summed E-state index contributed by atoms with van der Waals surface area (Å²) in [5, 5.41) is 6.89. The van der Waals surface area contributed by atoms with Crippen molar-refractivity contribution in [2.45, 2.75) is 17.9 Å². The highest BCUT2D eigenvalue weighted by molar-refractivity contribution is 7.89. The molecule has 10 nitrogen and oxygen atoms in total. The Kier molecular flexibility index (Phi) is 7.92. The van der Waals surface area contributed by atoms with Crippen LogP contribution in [0.2, 0.25) is 0 Å². The smallest absolute Gasteiger partial charge is 0.257 e. The molecule has 0 aliphatic rings. The minimum Gasteiger partial charge on any atom is -0.488 e. The second kappa shape index (κ2) is 10.7. The maximum atomic E-state index is 12.8. The summed E-state index contributed by atoms with van der Waals surface area (Å²) in [4.78, 5) is 13.0. The molecular formula is C23H28N4O6S. The second-order valence-corrected chi connectivity index (χ2v) is 9.92. The van der Waals surface area contributed by atoms with Crippen LogP contribution in [-0.4, -0.2) is 62.3 Å². The zero-order valence-electron chi connectivity index (χ0n) is 19.7. The Morgan fingerprint density at radius 2 is 1.76 bits per heavy atom. The number of rotatable bonds is 10. The molecular weight excluding hydrogens is 460 g/mol. The summed E-state index contributed by atoms with van der Waals surface area (Å²) < 4.78 is 44.2. The predicted octanol–water partition coefficient (Wildman–Crippen LogP) is 3.13. The number of carbonyl (C=O) groups is 1. The molecule has 2 aromatic carbocycles. The van der Waals surface area contributed by atoms with Gasteiger partial charge in [0.2, 0.25) is 10.0 Å². The van der Waals surface area contributed by atoms with Crippen molar-refractivity contribution in [3.8, 4) is 17.2 Å². The van der Waals surface area contributed by atoms with Crippen molar-refractivity contribution in [3.05, 3.63) is 60.3 Å². The van der Waals surface area contributed by atoms with Gasteiger partial charge in [-0.2, -0.15) is 5.10 Å². The molecule has 1 amide bonds. The lowest BCUT2D eigenvalue weighted by Gasteiger charge is -2.16. The van der Waals surface area contributed by atoms with E-state index in [1.807, 2.05) is 6.92 Å². The van der Waals surface area contributed by atoms with Gasteiger partial charge in [0, 0.05) is 52.1 Å². The standard InChI is InChI=1S/C23H28N4O6S/c1-16(15-31-5)32-19-12-17(23(28)24-22-10-11-27(4)25-22)13-20(14-19)33-18-6-8-21(9-7-18)34(29,30)26(2)3/h6-14,16H,15H2,1-5H3,(H,24,25,28). The highest BCUT2D eigenvalue weighted by Gasteiger charge is 2.18. The number of sulfonamides is 1. The van der Waals surface area contributed by atoms with Crippen molar-refractivity contribution in [1.82, 2.24) is 14.1 Å². The fraction of sp³-hybridized carbons (Fsp3) is 0.304. The average molecular weight is 489 g/mol. The first-order valence-corrected chi connectivity index (χ1v) is 11.8. The van der Waals surface area contributed by atoms with Crippen LogP contribution in [0.3, 0.4) is 0 Å². The van der Waals surface area contributed by atoms with Gasteiger partial charge in [-0.05, 0) is 43.3 Å². The molecule has 0 bridgehead atoms. The van der Waals surface area contributed by atoms with Gasteiger partial charge in [-0.15, -0.1) is 0 Å². The molecule has 34 heavy (non-hydrogen) atoms. The highest BCUT2D eigenvalue weighted by Crippen LogP contribution is 2.29. The van der Waals surface area contributed by atoms with Crippen molar-refractivity contribution in [2.75, 3.05) is 33.1 Å². The number of anilines is 1. The number of hydrogen-bond acceptors (Lipinski definition) is 7. The van der Waals surface area contributed by atoms with E-state index in [0.29, 0.717) is 35.2 Å². The maximum Gasteiger partial charge on any atom is 0.257 e. The van der Waals surface area contributed by atoms with Gasteiger partial charge in [-0.1, -0.05) is 0 Å². The van der Waals surface area contributed by atoms with E-state index in [4.69, 9.17) is 14.2 Å². The van der Waals surface area contributed by atoms with Crippen molar-refractivity contribution in [1.29, 1.82) is 0 Å². The van der Waals surface area contributed by atoms with Crippen LogP contribution in [0.5, 0.6) is 17.2 Å². The lowest BCUT2D eigenvalue weighted by atomic mass is 10.2. The monoisotopic (exact) mass is 488 g/mol. The van der Waals surface area contributed by atoms with Crippen molar-refractivity contribution in [3.63, 3.8) is 0 Å². The molecule has 3 rings (SSSR count). The predicted molar refractivity (Wildman–Crippen MR) is 127 cm³/mol. The fourth-order valence-electron chi connectivity index (χ4n) is 3.03. The van der Waals surface area contributed by atoms with Crippen LogP contribution in [0.15, 0.2) is 59.6 Å². The number of benzene rings is 2. The van der Waals surface area contributed by atoms with Crippen LogP contribution in [0, 0.1) is 0 Å². The summed E-state index contributed by atoms with van der Waals surface area (Å²) in [5.41, 5.74) is 0.301. The van der Waals surface area contributed by atoms with Gasteiger partial charge in [-0.25, -0.2) is 12.7 Å². The minimum absolute atomic E-state index is 0.144. The third kappa shape index (κ3) is 6.34. The normalized spacial score (nSPS) is 12.4. The first-order chi connectivity index (χ1) is 16.1. The van der Waals surface area contributed by atoms with Crippen molar-refractivity contribution < 1.29 is 27.4 Å². The van der Waals surface area contributed by atoms with E-state index < -0.39 is 10.0 Å². The van der Waals surface area contributed by atoms with Gasteiger partial charge in [0.05, 0.1) is 11.5 Å². The van der Waals surface area contributed by atoms with Gasteiger partial charge >= 0.3 is 0 Å². The largest absolute Gasteiger partial charge is 0.488 e. The number of aromatic nitrogens is 2. The topological polar surface area (TPSA) is 112 Å². The third-order valence-electron chi connectivity index (χ3n) is 4.67. The Labute approximate surface area is 199 Å². The minimum atomic E-state index is -3.55. The fourth-order valence-corrected chi connectivity index (χ4v) is 3.93. The molecule has 1 unspecified atom stereocenters. The Bertz CT molecular complexity index is 1240. The van der Waals surface area contributed by atoms with Crippen molar-refractivity contribution in [2.24, 2.45) is 7.05 Å². The Morgan fingerprint density at radius 3 is 2.35 bits per heavy atom. The summed E-state index contributed by atoms with van der Waals surface area (Å²) in [6.07, 6.45) is 1.46. The van der Waals surface area contributed by atoms with E-state index in [-0.39, 0.29) is 16.9 Å². The second-order valence-electron chi connectivity index (χ2n) is 7.77. The van der Waals surface area contributed by atoms with E-state index >= 15 is 0 Å². The number of ether oxygens (including phenoxy) is 3. The van der Waals surface area contributed by atoms with Crippen LogP contribution in [0.4, 0.5) is 5.82 Å². The first kappa shape index (κ1) is 25.2. The molecule has 1 N–H and O–H groups in total. The van der Waals surface area contributed by atoms with E-state index in [1.54, 1.807) is 61.4 Å². The molecule has 11 heteroatoms. The molecule has 182 valence electrons. The quantitative estimate of drug-likeness (QED) is 0.467. The zero-order chi connectivity index (χ0) is 24.9. The van der Waals surface area contributed by atoms with Gasteiger partial charge in [0.25, 0.3) is 5.91 Å². The number of nitrogens with zero attached hydrogens (tertiary/aromatic N) is 3. The average Bonchev–Trinajstić information content (AvgIpc) is 3.18. The van der Waals surface area contributed by atoms with Crippen LogP contribution >= 0.6 is 0 Å². The van der Waals surface area contributed by atoms with Crippen LogP contribution in [0.1, 0.15) is 17.3 Å². The van der Waals surface area contributed by atoms with Crippen LogP contribution in [-0.2, 0) is 21.8 Å². The Morgan fingerprint density at radius 1 is 1.09 bits per heavy atom. The van der Waals surface area contributed by atoms with E-state index in [0.717, 1.165) is 4.31 Å². The van der Waals surface area contributed by atoms with Gasteiger partial charge < -0.3 is 19.5 Å². The van der Waals surface area contributed by atoms with Crippen LogP contribution < -0.4 is 14.8 Å². The van der Waals surface area contributed by atoms with E-state index in [2.05, 4.69) is 10.4 Å². The lowest BCUT2D eigenvalue weighted by Crippen LogP contribution is -2.22. The molecule has 1 aromatic heterocycles. The summed E-state index contributed by atoms with van der Waals surface area (Å²) in [6.45, 7) is 2.21. The molecule has 0 aliphatic heterocycles. The molecule has 0 saturated heterocycles. The summed E-state index contributed by atoms with van der Waals surface area (Å²) in [5.74, 6) is 1.18. The number of carbonyl (C=O) groups excluding carboxylic acids is 1. The van der Waals surface area contributed by atoms with Gasteiger partial charge in [0.15, 0.2) is 5.82 Å². The molecule has 0 saturated carbocycles. The third-order valence-corrected chi connectivity index (χ3v) is 6.50. The first-order valence-electron chi connectivity index (χ1n) is 10.4. The number of nitrogens with one attached hydrogen (secondary N) is 1. The zero-order valence-corrected chi connectivity index (χ0v) is 20.5. The number of methoxy groups -OCH3 is 1. The molecule has 0 spiro atoms. The summed E-state index contributed by atoms with van der Waals surface area (Å²) >= 11 is 0. The Balaban J connectivity index is 1.87. The highest BCUT2D eigenvalue weighted by atomic mass is 32.2. The molecule has 0 radical (unpaired) electrons. The SMILES string of the molecule is COCC(C)Oc1cc(Oc2ccc(S(=O)(=O)N(C)C)cc2)cc(C(=O)Nc2ccn(C)n2)c1.